The normalized spacial score (nSPS) is 11.7. The second kappa shape index (κ2) is 10.4. The summed E-state index contributed by atoms with van der Waals surface area (Å²) in [5.41, 5.74) is 1.78. The lowest BCUT2D eigenvalue weighted by molar-refractivity contribution is -0.274. The number of hydrogen-bond donors (Lipinski definition) is 3. The van der Waals surface area contributed by atoms with Crippen LogP contribution in [0.1, 0.15) is 28.4 Å². The summed E-state index contributed by atoms with van der Waals surface area (Å²) in [6.07, 6.45) is -4.75. The molecule has 0 saturated carbocycles. The highest BCUT2D eigenvalue weighted by Crippen LogP contribution is 2.26. The van der Waals surface area contributed by atoms with Gasteiger partial charge in [0.05, 0.1) is 6.54 Å². The maximum atomic E-state index is 12.5. The van der Waals surface area contributed by atoms with E-state index in [1.54, 1.807) is 43.4 Å². The fourth-order valence-electron chi connectivity index (χ4n) is 2.47. The number of para-hydroxylation sites is 1. The maximum Gasteiger partial charge on any atom is 0.573 e. The molecule has 0 atom stereocenters. The molecule has 0 unspecified atom stereocenters. The molecule has 0 bridgehead atoms. The fourth-order valence-corrected chi connectivity index (χ4v) is 2.47. The summed E-state index contributed by atoms with van der Waals surface area (Å²) in [5.74, 6) is 0.0209. The van der Waals surface area contributed by atoms with Crippen LogP contribution in [0.3, 0.4) is 0 Å². The number of ether oxygens (including phenoxy) is 1. The van der Waals surface area contributed by atoms with Crippen LogP contribution in [0.4, 0.5) is 13.2 Å². The number of nitrogens with zero attached hydrogens (tertiary/aromatic N) is 1. The van der Waals surface area contributed by atoms with Crippen molar-refractivity contribution >= 4 is 11.9 Å². The predicted octanol–water partition coefficient (Wildman–Crippen LogP) is 3.20. The lowest BCUT2D eigenvalue weighted by atomic mass is 10.1. The van der Waals surface area contributed by atoms with Crippen molar-refractivity contribution in [2.24, 2.45) is 4.99 Å². The van der Waals surface area contributed by atoms with Crippen LogP contribution in [0, 0.1) is 0 Å². The minimum Gasteiger partial charge on any atom is -0.405 e. The summed E-state index contributed by atoms with van der Waals surface area (Å²) >= 11 is 0. The average Bonchev–Trinajstić information content (AvgIpc) is 2.69. The van der Waals surface area contributed by atoms with Crippen molar-refractivity contribution in [2.45, 2.75) is 26.4 Å². The van der Waals surface area contributed by atoms with Crippen LogP contribution < -0.4 is 20.7 Å². The number of guanidine groups is 1. The number of nitrogens with one attached hydrogen (secondary N) is 3. The third kappa shape index (κ3) is 7.36. The van der Waals surface area contributed by atoms with Gasteiger partial charge in [-0.05, 0) is 30.7 Å². The second-order valence-corrected chi connectivity index (χ2v) is 5.98. The van der Waals surface area contributed by atoms with E-state index in [1.807, 2.05) is 6.92 Å². The minimum absolute atomic E-state index is 0.105. The van der Waals surface area contributed by atoms with Gasteiger partial charge >= 0.3 is 6.36 Å². The van der Waals surface area contributed by atoms with Gasteiger partial charge in [0.1, 0.15) is 5.75 Å². The summed E-state index contributed by atoms with van der Waals surface area (Å²) in [4.78, 5) is 16.0. The number of carbonyl (C=O) groups excluding carboxylic acids is 1. The van der Waals surface area contributed by atoms with E-state index in [1.165, 1.54) is 12.1 Å². The minimum atomic E-state index is -4.75. The van der Waals surface area contributed by atoms with Crippen molar-refractivity contribution in [1.29, 1.82) is 0 Å². The highest BCUT2D eigenvalue weighted by molar-refractivity contribution is 5.93. The van der Waals surface area contributed by atoms with Crippen molar-refractivity contribution < 1.29 is 22.7 Å². The van der Waals surface area contributed by atoms with E-state index in [-0.39, 0.29) is 18.2 Å². The number of halogens is 3. The molecule has 2 aromatic rings. The Bertz CT molecular complexity index is 836. The summed E-state index contributed by atoms with van der Waals surface area (Å²) in [7, 11) is 1.56. The van der Waals surface area contributed by atoms with Crippen LogP contribution in [0.25, 0.3) is 0 Å². The first-order valence-electron chi connectivity index (χ1n) is 8.99. The Hall–Kier alpha value is -3.23. The lowest BCUT2D eigenvalue weighted by Crippen LogP contribution is -2.37. The van der Waals surface area contributed by atoms with Gasteiger partial charge in [0.2, 0.25) is 0 Å². The first-order chi connectivity index (χ1) is 13.8. The standard InChI is InChI=1S/C20H23F3N4O2/c1-3-25-19(26-12-14-8-10-15(11-9-14)18(28)24-2)27-13-16-6-4-5-7-17(16)29-20(21,22)23/h4-11H,3,12-13H2,1-2H3,(H,24,28)(H2,25,26,27). The van der Waals surface area contributed by atoms with Gasteiger partial charge in [-0.3, -0.25) is 4.79 Å². The molecule has 2 rings (SSSR count). The number of alkyl halides is 3. The molecule has 9 heteroatoms. The van der Waals surface area contributed by atoms with Gasteiger partial charge in [0.25, 0.3) is 5.91 Å². The van der Waals surface area contributed by atoms with Crippen LogP contribution in [0.5, 0.6) is 5.75 Å². The Kier molecular flexibility index (Phi) is 7.88. The van der Waals surface area contributed by atoms with Gasteiger partial charge in [-0.2, -0.15) is 0 Å². The van der Waals surface area contributed by atoms with Crippen molar-refractivity contribution in [3.8, 4) is 5.75 Å². The quantitative estimate of drug-likeness (QED) is 0.486. The smallest absolute Gasteiger partial charge is 0.405 e. The lowest BCUT2D eigenvalue weighted by Gasteiger charge is -2.15. The highest BCUT2D eigenvalue weighted by atomic mass is 19.4. The van der Waals surface area contributed by atoms with E-state index in [0.717, 1.165) is 5.56 Å². The van der Waals surface area contributed by atoms with E-state index >= 15 is 0 Å². The molecule has 0 aliphatic rings. The van der Waals surface area contributed by atoms with E-state index < -0.39 is 6.36 Å². The molecular weight excluding hydrogens is 385 g/mol. The Balaban J connectivity index is 2.04. The summed E-state index contributed by atoms with van der Waals surface area (Å²) in [6.45, 7) is 2.91. The highest BCUT2D eigenvalue weighted by Gasteiger charge is 2.31. The van der Waals surface area contributed by atoms with Crippen LogP contribution in [-0.4, -0.2) is 31.8 Å². The molecule has 0 saturated heterocycles. The molecule has 156 valence electrons. The molecule has 0 aromatic heterocycles. The largest absolute Gasteiger partial charge is 0.573 e. The van der Waals surface area contributed by atoms with Gasteiger partial charge < -0.3 is 20.7 Å². The molecule has 0 aliphatic carbocycles. The van der Waals surface area contributed by atoms with Crippen molar-refractivity contribution in [3.05, 3.63) is 65.2 Å². The Labute approximate surface area is 167 Å². The molecule has 29 heavy (non-hydrogen) atoms. The monoisotopic (exact) mass is 408 g/mol. The number of amides is 1. The molecular formula is C20H23F3N4O2. The molecule has 0 spiro atoms. The van der Waals surface area contributed by atoms with Gasteiger partial charge in [0.15, 0.2) is 5.96 Å². The fraction of sp³-hybridized carbons (Fsp3) is 0.300. The summed E-state index contributed by atoms with van der Waals surface area (Å²) in [6, 6.07) is 12.9. The van der Waals surface area contributed by atoms with Gasteiger partial charge in [0, 0.05) is 31.3 Å². The van der Waals surface area contributed by atoms with E-state index in [0.29, 0.717) is 30.2 Å². The van der Waals surface area contributed by atoms with Crippen molar-refractivity contribution in [1.82, 2.24) is 16.0 Å². The SMILES string of the molecule is CCNC(=NCc1ccc(C(=O)NC)cc1)NCc1ccccc1OC(F)(F)F. The van der Waals surface area contributed by atoms with Crippen molar-refractivity contribution in [2.75, 3.05) is 13.6 Å². The molecule has 0 heterocycles. The molecule has 3 N–H and O–H groups in total. The number of aliphatic imine (C=N–C) groups is 1. The zero-order valence-electron chi connectivity index (χ0n) is 16.1. The van der Waals surface area contributed by atoms with E-state index in [9.17, 15) is 18.0 Å². The zero-order valence-corrected chi connectivity index (χ0v) is 16.1. The van der Waals surface area contributed by atoms with E-state index in [2.05, 4.69) is 25.7 Å². The van der Waals surface area contributed by atoms with Gasteiger partial charge in [-0.1, -0.05) is 30.3 Å². The van der Waals surface area contributed by atoms with Gasteiger partial charge in [-0.15, -0.1) is 13.2 Å². The van der Waals surface area contributed by atoms with Crippen LogP contribution in [-0.2, 0) is 13.1 Å². The third-order valence-electron chi connectivity index (χ3n) is 3.85. The third-order valence-corrected chi connectivity index (χ3v) is 3.85. The van der Waals surface area contributed by atoms with Gasteiger partial charge in [-0.25, -0.2) is 4.99 Å². The van der Waals surface area contributed by atoms with E-state index in [4.69, 9.17) is 0 Å². The van der Waals surface area contributed by atoms with Crippen LogP contribution in [0.15, 0.2) is 53.5 Å². The topological polar surface area (TPSA) is 74.8 Å². The number of benzene rings is 2. The molecule has 0 radical (unpaired) electrons. The molecule has 2 aromatic carbocycles. The molecule has 1 amide bonds. The van der Waals surface area contributed by atoms with Crippen molar-refractivity contribution in [3.63, 3.8) is 0 Å². The Morgan fingerprint density at radius 2 is 1.76 bits per heavy atom. The Morgan fingerprint density at radius 3 is 2.38 bits per heavy atom. The molecule has 6 nitrogen and oxygen atoms in total. The number of hydrogen-bond acceptors (Lipinski definition) is 3. The first kappa shape index (κ1) is 22.1. The number of rotatable bonds is 7. The number of carbonyl (C=O) groups is 1. The van der Waals surface area contributed by atoms with Crippen LogP contribution >= 0.6 is 0 Å². The second-order valence-electron chi connectivity index (χ2n) is 5.98. The summed E-state index contributed by atoms with van der Waals surface area (Å²) < 4.78 is 41.7. The first-order valence-corrected chi connectivity index (χ1v) is 8.99. The molecule has 0 fully saturated rings. The molecule has 0 aliphatic heterocycles. The summed E-state index contributed by atoms with van der Waals surface area (Å²) in [5, 5.41) is 8.59. The van der Waals surface area contributed by atoms with Crippen LogP contribution in [0.2, 0.25) is 0 Å². The zero-order chi connectivity index (χ0) is 21.3. The Morgan fingerprint density at radius 1 is 1.07 bits per heavy atom. The average molecular weight is 408 g/mol. The predicted molar refractivity (Wildman–Crippen MR) is 105 cm³/mol. The maximum absolute atomic E-state index is 12.5.